The van der Waals surface area contributed by atoms with Crippen LogP contribution in [0.25, 0.3) is 11.1 Å². The van der Waals surface area contributed by atoms with Gasteiger partial charge in [0.1, 0.15) is 18.2 Å². The molecule has 0 radical (unpaired) electrons. The van der Waals surface area contributed by atoms with Gasteiger partial charge in [0.15, 0.2) is 17.1 Å². The molecule has 0 bridgehead atoms. The predicted molar refractivity (Wildman–Crippen MR) is 133 cm³/mol. The van der Waals surface area contributed by atoms with Crippen LogP contribution in [0.3, 0.4) is 0 Å². The summed E-state index contributed by atoms with van der Waals surface area (Å²) in [7, 11) is 1.62. The van der Waals surface area contributed by atoms with E-state index in [0.717, 1.165) is 27.8 Å². The van der Waals surface area contributed by atoms with E-state index < -0.39 is 6.04 Å². The lowest BCUT2D eigenvalue weighted by Crippen LogP contribution is -2.47. The van der Waals surface area contributed by atoms with E-state index in [1.807, 2.05) is 72.5 Å². The van der Waals surface area contributed by atoms with Gasteiger partial charge in [0.05, 0.1) is 13.7 Å². The Hall–Kier alpha value is -4.00. The number of carbonyl (C=O) groups is 1. The number of methoxy groups -OCH3 is 1. The van der Waals surface area contributed by atoms with Gasteiger partial charge in [-0.15, -0.1) is 0 Å². The zero-order valence-electron chi connectivity index (χ0n) is 20.1. The molecule has 1 unspecified atom stereocenters. The lowest BCUT2D eigenvalue weighted by molar-refractivity contribution is -0.145. The molecule has 1 aliphatic rings. The number of fused-ring (bicyclic) bond motifs is 2. The first-order valence-electron chi connectivity index (χ1n) is 11.7. The van der Waals surface area contributed by atoms with Crippen LogP contribution in [-0.2, 0) is 29.1 Å². The number of hydrogen-bond donors (Lipinski definition) is 0. The van der Waals surface area contributed by atoms with Crippen molar-refractivity contribution in [3.63, 3.8) is 0 Å². The molecule has 4 aromatic rings. The Bertz CT molecular complexity index is 1350. The van der Waals surface area contributed by atoms with Crippen molar-refractivity contribution < 1.29 is 23.4 Å². The topological polar surface area (TPSA) is 74.0 Å². The van der Waals surface area contributed by atoms with Crippen molar-refractivity contribution in [1.82, 2.24) is 4.98 Å². The van der Waals surface area contributed by atoms with Crippen molar-refractivity contribution in [2.45, 2.75) is 39.5 Å². The van der Waals surface area contributed by atoms with E-state index in [1.165, 1.54) is 0 Å². The van der Waals surface area contributed by atoms with Gasteiger partial charge in [-0.1, -0.05) is 42.5 Å². The molecule has 0 aliphatic carbocycles. The smallest absolute Gasteiger partial charge is 0.329 e. The van der Waals surface area contributed by atoms with Crippen LogP contribution >= 0.6 is 0 Å². The third kappa shape index (κ3) is 4.54. The molecule has 180 valence electrons. The van der Waals surface area contributed by atoms with E-state index >= 15 is 0 Å². The zero-order valence-corrected chi connectivity index (χ0v) is 20.1. The highest BCUT2D eigenvalue weighted by molar-refractivity contribution is 5.82. The lowest BCUT2D eigenvalue weighted by Gasteiger charge is -2.35. The molecule has 3 aromatic carbocycles. The number of aromatic nitrogens is 1. The summed E-state index contributed by atoms with van der Waals surface area (Å²) in [5.41, 5.74) is 5.54. The monoisotopic (exact) mass is 472 g/mol. The number of anilines is 1. The predicted octanol–water partition coefficient (Wildman–Crippen LogP) is 5.22. The Morgan fingerprint density at radius 1 is 1.14 bits per heavy atom. The number of aryl methyl sites for hydroxylation is 1. The molecule has 5 rings (SSSR count). The highest BCUT2D eigenvalue weighted by Gasteiger charge is 2.37. The van der Waals surface area contributed by atoms with Crippen LogP contribution in [0, 0.1) is 6.92 Å². The molecule has 1 atom stereocenters. The number of benzene rings is 3. The van der Waals surface area contributed by atoms with Gasteiger partial charge in [-0.2, -0.15) is 4.98 Å². The van der Waals surface area contributed by atoms with Gasteiger partial charge in [0.2, 0.25) is 0 Å². The number of oxazole rings is 1. The second kappa shape index (κ2) is 9.70. The van der Waals surface area contributed by atoms with Crippen LogP contribution in [0.2, 0.25) is 0 Å². The molecular weight excluding hydrogens is 444 g/mol. The number of hydrogen-bond acceptors (Lipinski definition) is 7. The maximum Gasteiger partial charge on any atom is 0.329 e. The van der Waals surface area contributed by atoms with E-state index in [1.54, 1.807) is 14.0 Å². The Morgan fingerprint density at radius 3 is 2.74 bits per heavy atom. The second-order valence-corrected chi connectivity index (χ2v) is 8.58. The molecule has 0 amide bonds. The summed E-state index contributed by atoms with van der Waals surface area (Å²) in [6, 6.07) is 19.5. The SMILES string of the molecule is CCOC(=O)C1Cc2c(ccc(OC)c2OCc2ccccc2)CN1c1nc2cc(C)ccc2o1. The molecule has 2 heterocycles. The van der Waals surface area contributed by atoms with E-state index in [4.69, 9.17) is 23.6 Å². The van der Waals surface area contributed by atoms with E-state index in [-0.39, 0.29) is 12.6 Å². The summed E-state index contributed by atoms with van der Waals surface area (Å²) < 4.78 is 23.4. The largest absolute Gasteiger partial charge is 0.493 e. The first kappa shape index (κ1) is 22.8. The third-order valence-electron chi connectivity index (χ3n) is 6.22. The van der Waals surface area contributed by atoms with Crippen molar-refractivity contribution in [3.8, 4) is 11.5 Å². The summed E-state index contributed by atoms with van der Waals surface area (Å²) >= 11 is 0. The van der Waals surface area contributed by atoms with Crippen molar-refractivity contribution in [2.24, 2.45) is 0 Å². The Balaban J connectivity index is 1.53. The van der Waals surface area contributed by atoms with Crippen LogP contribution in [-0.4, -0.2) is 30.7 Å². The second-order valence-electron chi connectivity index (χ2n) is 8.58. The summed E-state index contributed by atoms with van der Waals surface area (Å²) in [6.07, 6.45) is 0.382. The van der Waals surface area contributed by atoms with Gasteiger partial charge < -0.3 is 23.5 Å². The van der Waals surface area contributed by atoms with E-state index in [9.17, 15) is 4.79 Å². The number of nitrogens with zero attached hydrogens (tertiary/aromatic N) is 2. The number of rotatable bonds is 7. The van der Waals surface area contributed by atoms with Crippen LogP contribution in [0.4, 0.5) is 6.01 Å². The minimum atomic E-state index is -0.609. The summed E-state index contributed by atoms with van der Waals surface area (Å²) in [5.74, 6) is 0.956. The van der Waals surface area contributed by atoms with Gasteiger partial charge in [-0.3, -0.25) is 0 Å². The quantitative estimate of drug-likeness (QED) is 0.342. The van der Waals surface area contributed by atoms with E-state index in [0.29, 0.717) is 42.7 Å². The van der Waals surface area contributed by atoms with Gasteiger partial charge in [0, 0.05) is 18.5 Å². The average molecular weight is 473 g/mol. The molecule has 1 aromatic heterocycles. The van der Waals surface area contributed by atoms with Crippen molar-refractivity contribution in [3.05, 3.63) is 82.9 Å². The molecule has 1 aliphatic heterocycles. The minimum absolute atomic E-state index is 0.290. The Labute approximate surface area is 204 Å². The molecule has 7 nitrogen and oxygen atoms in total. The molecule has 0 fully saturated rings. The lowest BCUT2D eigenvalue weighted by atomic mass is 9.92. The molecular formula is C28H28N2O5. The van der Waals surface area contributed by atoms with Gasteiger partial charge in [-0.25, -0.2) is 4.79 Å². The highest BCUT2D eigenvalue weighted by atomic mass is 16.5. The van der Waals surface area contributed by atoms with Crippen LogP contribution in [0.5, 0.6) is 11.5 Å². The van der Waals surface area contributed by atoms with Crippen LogP contribution in [0.1, 0.15) is 29.2 Å². The molecule has 35 heavy (non-hydrogen) atoms. The Morgan fingerprint density at radius 2 is 1.97 bits per heavy atom. The van der Waals surface area contributed by atoms with Crippen LogP contribution in [0.15, 0.2) is 65.1 Å². The molecule has 0 N–H and O–H groups in total. The fourth-order valence-corrected chi connectivity index (χ4v) is 4.46. The zero-order chi connectivity index (χ0) is 24.4. The standard InChI is InChI=1S/C28H28N2O5/c1-4-33-27(31)23-15-21-20(16-30(23)28-29-22-14-18(2)10-12-24(22)35-28)11-13-25(32-3)26(21)34-17-19-8-6-5-7-9-19/h5-14,23H,4,15-17H2,1-3H3. The molecule has 0 saturated heterocycles. The first-order chi connectivity index (χ1) is 17.1. The van der Waals surface area contributed by atoms with Gasteiger partial charge in [0.25, 0.3) is 6.01 Å². The summed E-state index contributed by atoms with van der Waals surface area (Å²) in [5, 5.41) is 0. The molecule has 0 spiro atoms. The van der Waals surface area contributed by atoms with Gasteiger partial charge in [-0.05, 0) is 48.7 Å². The third-order valence-corrected chi connectivity index (χ3v) is 6.22. The minimum Gasteiger partial charge on any atom is -0.493 e. The number of carbonyl (C=O) groups excluding carboxylic acids is 1. The van der Waals surface area contributed by atoms with Crippen molar-refractivity contribution in [2.75, 3.05) is 18.6 Å². The van der Waals surface area contributed by atoms with Gasteiger partial charge >= 0.3 is 5.97 Å². The maximum atomic E-state index is 13.1. The number of esters is 1. The number of ether oxygens (including phenoxy) is 3. The summed E-state index contributed by atoms with van der Waals surface area (Å²) in [6.45, 7) is 4.93. The highest BCUT2D eigenvalue weighted by Crippen LogP contribution is 2.40. The molecule has 7 heteroatoms. The normalized spacial score (nSPS) is 15.1. The summed E-state index contributed by atoms with van der Waals surface area (Å²) in [4.78, 5) is 19.7. The van der Waals surface area contributed by atoms with Crippen molar-refractivity contribution in [1.29, 1.82) is 0 Å². The fourth-order valence-electron chi connectivity index (χ4n) is 4.46. The van der Waals surface area contributed by atoms with E-state index in [2.05, 4.69) is 0 Å². The van der Waals surface area contributed by atoms with Crippen molar-refractivity contribution >= 4 is 23.1 Å². The average Bonchev–Trinajstić information content (AvgIpc) is 3.30. The maximum absolute atomic E-state index is 13.1. The fraction of sp³-hybridized carbons (Fsp3) is 0.286. The molecule has 0 saturated carbocycles. The Kier molecular flexibility index (Phi) is 6.31. The van der Waals surface area contributed by atoms with Crippen LogP contribution < -0.4 is 14.4 Å². The first-order valence-corrected chi connectivity index (χ1v) is 11.7.